The first kappa shape index (κ1) is 15.7. The minimum absolute atomic E-state index is 0. The molecule has 0 rings (SSSR count). The van der Waals surface area contributed by atoms with Crippen molar-refractivity contribution in [2.45, 2.75) is 7.43 Å². The topological polar surface area (TPSA) is 60.4 Å². The van der Waals surface area contributed by atoms with Crippen LogP contribution in [0.4, 0.5) is 0 Å². The van der Waals surface area contributed by atoms with E-state index in [0.29, 0.717) is 0 Å². The second-order valence-electron chi connectivity index (χ2n) is 0.266. The number of rotatable bonds is 0. The minimum Gasteiger partial charge on any atom is 1.00 e. The zero-order valence-corrected chi connectivity index (χ0v) is 6.86. The zero-order valence-electron chi connectivity index (χ0n) is 2.76. The zero-order chi connectivity index (χ0) is 3.58. The normalized spacial score (nSPS) is 10.3. The van der Waals surface area contributed by atoms with Gasteiger partial charge < -0.3 is 0 Å². The van der Waals surface area contributed by atoms with Crippen molar-refractivity contribution >= 4 is 15.3 Å². The van der Waals surface area contributed by atoms with Gasteiger partial charge in [0.1, 0.15) is 0 Å². The van der Waals surface area contributed by atoms with Gasteiger partial charge in [0.25, 0.3) is 0 Å². The van der Waals surface area contributed by atoms with E-state index in [1.54, 1.807) is 0 Å². The fourth-order valence-electron chi connectivity index (χ4n) is 0. The molecule has 0 aliphatic carbocycles. The largest absolute Gasteiger partial charge is 1.00 e. The Balaban J connectivity index is -0.0000000450. The summed E-state index contributed by atoms with van der Waals surface area (Å²) in [6.45, 7) is 0. The van der Waals surface area contributed by atoms with Gasteiger partial charge in [-0.3, -0.25) is 0 Å². The maximum absolute atomic E-state index is 8.69. The number of hydrogen-bond donors (Lipinski definition) is 1. The summed E-state index contributed by atoms with van der Waals surface area (Å²) in [6, 6.07) is 0. The van der Waals surface area contributed by atoms with Crippen LogP contribution >= 0.6 is 0 Å². The maximum atomic E-state index is 8.69. The van der Waals surface area contributed by atoms with E-state index in [2.05, 4.69) is 0 Å². The van der Waals surface area contributed by atoms with E-state index in [-0.39, 0.29) is 37.0 Å². The van der Waals surface area contributed by atoms with E-state index in [4.69, 9.17) is 11.9 Å². The second-order valence-corrected chi connectivity index (χ2v) is 1.38. The number of hydrogen-bond acceptors (Lipinski definition) is 2. The van der Waals surface area contributed by atoms with Crippen molar-refractivity contribution in [1.29, 1.82) is 0 Å². The molecule has 1 N–H and O–H groups in total. The summed E-state index contributed by atoms with van der Waals surface area (Å²) in [7, 11) is 0. The van der Waals surface area contributed by atoms with Crippen LogP contribution in [0.5, 0.6) is 0 Å². The molecule has 5 heteroatoms. The average molecular weight is 164 g/mol. The van der Waals surface area contributed by atoms with E-state index in [1.807, 2.05) is 0 Å². The minimum atomic E-state index is -3.83. The molecular weight excluding hydrogens is 158 g/mol. The van der Waals surface area contributed by atoms with Gasteiger partial charge in [-0.2, -0.15) is 0 Å². The Morgan fingerprint density at radius 3 is 1.67 bits per heavy atom. The van der Waals surface area contributed by atoms with E-state index in [9.17, 15) is 0 Å². The Morgan fingerprint density at radius 2 is 1.67 bits per heavy atom. The van der Waals surface area contributed by atoms with Crippen molar-refractivity contribution in [2.24, 2.45) is 0 Å². The molecule has 34 valence electrons. The molecule has 0 aliphatic rings. The van der Waals surface area contributed by atoms with Crippen molar-refractivity contribution in [3.05, 3.63) is 0 Å². The summed E-state index contributed by atoms with van der Waals surface area (Å²) >= 11 is -3.83. The summed E-state index contributed by atoms with van der Waals surface area (Å²) in [5.74, 6) is 0. The van der Waals surface area contributed by atoms with Crippen LogP contribution in [0.3, 0.4) is 0 Å². The Bertz CT molecular complexity index is 33.8. The molecule has 0 aromatic rings. The molecule has 0 spiro atoms. The Labute approximate surface area is 63.9 Å². The molecule has 0 aliphatic heterocycles. The van der Waals surface area contributed by atoms with Crippen LogP contribution in [0, 0.1) is 0 Å². The van der Waals surface area contributed by atoms with Gasteiger partial charge in [-0.25, -0.2) is 0 Å². The average Bonchev–Trinajstić information content (AvgIpc) is 0.811. The molecule has 0 saturated heterocycles. The summed E-state index contributed by atoms with van der Waals surface area (Å²) in [4.78, 5) is 0. The molecule has 0 aromatic carbocycles. The third-order valence-electron chi connectivity index (χ3n) is 0. The van der Waals surface area contributed by atoms with Crippen LogP contribution in [-0.4, -0.2) is 19.4 Å². The molecular formula is CH6AsNaO3. The molecule has 3 nitrogen and oxygen atoms in total. The van der Waals surface area contributed by atoms with Crippen LogP contribution < -0.4 is 33.7 Å². The third kappa shape index (κ3) is 59.1. The predicted molar refractivity (Wildman–Crippen MR) is 16.8 cm³/mol. The molecule has 0 fully saturated rings. The molecule has 0 bridgehead atoms. The molecule has 1 atom stereocenters. The van der Waals surface area contributed by atoms with Crippen molar-refractivity contribution in [3.63, 3.8) is 0 Å². The molecule has 1 unspecified atom stereocenters. The molecule has 0 heterocycles. The quantitative estimate of drug-likeness (QED) is 0.365. The maximum Gasteiger partial charge on any atom is 1.00 e. The fraction of sp³-hybridized carbons (Fsp3) is 1.00. The van der Waals surface area contributed by atoms with E-state index in [0.717, 1.165) is 0 Å². The van der Waals surface area contributed by atoms with Gasteiger partial charge in [-0.05, 0) is 0 Å². The van der Waals surface area contributed by atoms with Crippen molar-refractivity contribution < 1.29 is 41.5 Å². The van der Waals surface area contributed by atoms with Gasteiger partial charge in [0, 0.05) is 0 Å². The van der Waals surface area contributed by atoms with Gasteiger partial charge >= 0.3 is 56.8 Å². The van der Waals surface area contributed by atoms with Crippen LogP contribution in [-0.2, 0) is 3.74 Å². The molecule has 0 radical (unpaired) electrons. The summed E-state index contributed by atoms with van der Waals surface area (Å²) in [5, 5.41) is 0. The smallest absolute Gasteiger partial charge is 1.00 e. The second kappa shape index (κ2) is 9.56. The van der Waals surface area contributed by atoms with Crippen LogP contribution in [0.1, 0.15) is 7.43 Å². The van der Waals surface area contributed by atoms with E-state index < -0.39 is 15.3 Å². The van der Waals surface area contributed by atoms with Gasteiger partial charge in [-0.1, -0.05) is 7.43 Å². The first-order valence-electron chi connectivity index (χ1n) is 0.632. The van der Waals surface area contributed by atoms with E-state index >= 15 is 0 Å². The Morgan fingerprint density at radius 1 is 1.67 bits per heavy atom. The van der Waals surface area contributed by atoms with Crippen molar-refractivity contribution in [3.8, 4) is 0 Å². The van der Waals surface area contributed by atoms with Crippen LogP contribution in [0.25, 0.3) is 0 Å². The summed E-state index contributed by atoms with van der Waals surface area (Å²) in [6.07, 6.45) is 0. The Kier molecular flexibility index (Phi) is 25.0. The third-order valence-corrected chi connectivity index (χ3v) is 0. The van der Waals surface area contributed by atoms with E-state index in [1.165, 1.54) is 0 Å². The Hall–Kier alpha value is 1.28. The molecule has 0 saturated carbocycles. The fourth-order valence-corrected chi connectivity index (χ4v) is 0. The van der Waals surface area contributed by atoms with Gasteiger partial charge in [0.2, 0.25) is 0 Å². The first-order chi connectivity index (χ1) is 1.73. The van der Waals surface area contributed by atoms with Crippen molar-refractivity contribution in [2.75, 3.05) is 0 Å². The predicted octanol–water partition coefficient (Wildman–Crippen LogP) is -4.87. The van der Waals surface area contributed by atoms with Gasteiger partial charge in [0.05, 0.1) is 0 Å². The molecule has 0 amide bonds. The van der Waals surface area contributed by atoms with Gasteiger partial charge in [0.15, 0.2) is 0 Å². The van der Waals surface area contributed by atoms with Crippen LogP contribution in [0.15, 0.2) is 0 Å². The molecule has 0 aromatic heterocycles. The SMILES string of the molecule is C.O=[AsH]([O-])O.[Na+]. The van der Waals surface area contributed by atoms with Crippen LogP contribution in [0.2, 0.25) is 0 Å². The van der Waals surface area contributed by atoms with Crippen molar-refractivity contribution in [1.82, 2.24) is 0 Å². The van der Waals surface area contributed by atoms with Gasteiger partial charge in [-0.15, -0.1) is 0 Å². The monoisotopic (exact) mass is 164 g/mol. The first-order valence-corrected chi connectivity index (χ1v) is 3.28. The summed E-state index contributed by atoms with van der Waals surface area (Å²) in [5.41, 5.74) is 0. The molecule has 6 heavy (non-hydrogen) atoms. The summed E-state index contributed by atoms with van der Waals surface area (Å²) < 4.78 is 24.5. The standard InChI is InChI=1S/CH4.AsH3O3.Na/c;2-1(3)4;/h1H4;1H,(H2,2,3,4);/q;;+1/p-1.